The number of rotatable bonds is 4. The van der Waals surface area contributed by atoms with Gasteiger partial charge >= 0.3 is 0 Å². The van der Waals surface area contributed by atoms with E-state index in [0.717, 1.165) is 9.29 Å². The highest BCUT2D eigenvalue weighted by Gasteiger charge is 2.38. The Bertz CT molecular complexity index is 1050. The van der Waals surface area contributed by atoms with Crippen molar-refractivity contribution >= 4 is 27.1 Å². The molecule has 4 nitrogen and oxygen atoms in total. The van der Waals surface area contributed by atoms with Gasteiger partial charge in [0.15, 0.2) is 0 Å². The molecular weight excluding hydrogens is 371 g/mol. The molecule has 2 heterocycles. The summed E-state index contributed by atoms with van der Waals surface area (Å²) in [6.45, 7) is 0. The molecule has 1 aliphatic rings. The zero-order valence-electron chi connectivity index (χ0n) is 13.6. The van der Waals surface area contributed by atoms with Gasteiger partial charge in [-0.25, -0.2) is 4.39 Å². The largest absolute Gasteiger partial charge is 0.279 e. The second kappa shape index (κ2) is 6.66. The van der Waals surface area contributed by atoms with Crippen LogP contribution in [-0.4, -0.2) is 18.5 Å². The van der Waals surface area contributed by atoms with Gasteiger partial charge in [-0.2, -0.15) is 17.9 Å². The molecule has 1 aromatic heterocycles. The number of halogens is 1. The van der Waals surface area contributed by atoms with Crippen LogP contribution in [0.15, 0.2) is 82.1 Å². The molecule has 26 heavy (non-hydrogen) atoms. The molecule has 0 spiro atoms. The maximum absolute atomic E-state index is 13.7. The summed E-state index contributed by atoms with van der Waals surface area (Å²) in [5.41, 5.74) is 1.27. The molecule has 7 heteroatoms. The first-order valence-corrected chi connectivity index (χ1v) is 10.3. The molecule has 1 unspecified atom stereocenters. The highest BCUT2D eigenvalue weighted by atomic mass is 32.2. The second-order valence-electron chi connectivity index (χ2n) is 5.89. The summed E-state index contributed by atoms with van der Waals surface area (Å²) in [7, 11) is -3.84. The molecule has 4 rings (SSSR count). The van der Waals surface area contributed by atoms with Crippen LogP contribution >= 0.6 is 11.3 Å². The molecule has 0 saturated heterocycles. The van der Waals surface area contributed by atoms with Crippen LogP contribution in [0.25, 0.3) is 0 Å². The summed E-state index contributed by atoms with van der Waals surface area (Å²) in [6.07, 6.45) is 0.399. The molecule has 0 saturated carbocycles. The molecule has 2 aromatic carbocycles. The average molecular weight is 386 g/mol. The molecule has 132 valence electrons. The predicted molar refractivity (Wildman–Crippen MR) is 100 cm³/mol. The van der Waals surface area contributed by atoms with E-state index in [1.165, 1.54) is 35.6 Å². The van der Waals surface area contributed by atoms with Crippen LogP contribution in [0.3, 0.4) is 0 Å². The van der Waals surface area contributed by atoms with Gasteiger partial charge in [0.25, 0.3) is 10.0 Å². The van der Waals surface area contributed by atoms with Crippen LogP contribution in [0.4, 0.5) is 4.39 Å². The van der Waals surface area contributed by atoms with Crippen LogP contribution in [0.1, 0.15) is 22.9 Å². The fourth-order valence-corrected chi connectivity index (χ4v) is 5.14. The van der Waals surface area contributed by atoms with E-state index in [9.17, 15) is 12.8 Å². The Labute approximate surface area is 155 Å². The van der Waals surface area contributed by atoms with Crippen molar-refractivity contribution < 1.29 is 12.8 Å². The molecule has 1 atom stereocenters. The van der Waals surface area contributed by atoms with Gasteiger partial charge in [-0.15, -0.1) is 11.3 Å². The molecule has 0 bridgehead atoms. The summed E-state index contributed by atoms with van der Waals surface area (Å²) < 4.78 is 41.1. The van der Waals surface area contributed by atoms with Gasteiger partial charge in [0.05, 0.1) is 21.5 Å². The van der Waals surface area contributed by atoms with Crippen molar-refractivity contribution in [1.82, 2.24) is 4.41 Å². The highest BCUT2D eigenvalue weighted by Crippen LogP contribution is 2.37. The fraction of sp³-hybridized carbons (Fsp3) is 0.105. The molecular formula is C19H15FN2O2S2. The standard InChI is InChI=1S/C19H15FN2O2S2/c20-15-7-4-6-14(12-15)18-13-17(19-10-5-11-25-19)21-22(18)26(23,24)16-8-2-1-3-9-16/h1-12,18H,13H2. The molecule has 1 aliphatic heterocycles. The first kappa shape index (κ1) is 16.9. The van der Waals surface area contributed by atoms with Crippen LogP contribution in [0, 0.1) is 5.82 Å². The third kappa shape index (κ3) is 3.04. The summed E-state index contributed by atoms with van der Waals surface area (Å²) in [5, 5.41) is 6.34. The Morgan fingerprint density at radius 3 is 2.54 bits per heavy atom. The Morgan fingerprint density at radius 1 is 1.04 bits per heavy atom. The van der Waals surface area contributed by atoms with E-state index in [1.807, 2.05) is 17.5 Å². The first-order chi connectivity index (χ1) is 12.6. The van der Waals surface area contributed by atoms with Crippen molar-refractivity contribution in [1.29, 1.82) is 0 Å². The third-order valence-electron chi connectivity index (χ3n) is 4.20. The number of thiophene rings is 1. The van der Waals surface area contributed by atoms with Gasteiger partial charge in [-0.1, -0.05) is 36.4 Å². The number of hydrogen-bond donors (Lipinski definition) is 0. The van der Waals surface area contributed by atoms with Crippen molar-refractivity contribution in [3.63, 3.8) is 0 Å². The lowest BCUT2D eigenvalue weighted by Gasteiger charge is -2.23. The lowest BCUT2D eigenvalue weighted by molar-refractivity contribution is 0.370. The van der Waals surface area contributed by atoms with Gasteiger partial charge in [-0.3, -0.25) is 0 Å². The van der Waals surface area contributed by atoms with Gasteiger partial charge in [-0.05, 0) is 41.3 Å². The molecule has 0 fully saturated rings. The van der Waals surface area contributed by atoms with E-state index >= 15 is 0 Å². The smallest absolute Gasteiger partial charge is 0.207 e. The molecule has 3 aromatic rings. The van der Waals surface area contributed by atoms with Crippen molar-refractivity contribution in [3.05, 3.63) is 88.4 Å². The zero-order chi connectivity index (χ0) is 18.1. The van der Waals surface area contributed by atoms with E-state index in [0.29, 0.717) is 17.7 Å². The summed E-state index contributed by atoms with van der Waals surface area (Å²) in [6, 6.07) is 17.4. The summed E-state index contributed by atoms with van der Waals surface area (Å²) >= 11 is 1.50. The predicted octanol–water partition coefficient (Wildman–Crippen LogP) is 4.43. The molecule has 0 N–H and O–H groups in total. The van der Waals surface area contributed by atoms with Crippen molar-refractivity contribution in [3.8, 4) is 0 Å². The molecule has 0 amide bonds. The number of benzene rings is 2. The van der Waals surface area contributed by atoms with Crippen LogP contribution in [0.2, 0.25) is 0 Å². The quantitative estimate of drug-likeness (QED) is 0.666. The van der Waals surface area contributed by atoms with Gasteiger partial charge < -0.3 is 0 Å². The van der Waals surface area contributed by atoms with Crippen molar-refractivity contribution in [2.75, 3.05) is 0 Å². The Kier molecular flexibility index (Phi) is 4.34. The van der Waals surface area contributed by atoms with Crippen LogP contribution in [0.5, 0.6) is 0 Å². The number of nitrogens with zero attached hydrogens (tertiary/aromatic N) is 2. The Morgan fingerprint density at radius 2 is 1.85 bits per heavy atom. The lowest BCUT2D eigenvalue weighted by Crippen LogP contribution is -2.27. The van der Waals surface area contributed by atoms with Crippen LogP contribution in [-0.2, 0) is 10.0 Å². The number of hydrazone groups is 1. The number of sulfonamides is 1. The van der Waals surface area contributed by atoms with E-state index < -0.39 is 21.9 Å². The summed E-state index contributed by atoms with van der Waals surface area (Å²) in [4.78, 5) is 1.08. The monoisotopic (exact) mass is 386 g/mol. The fourth-order valence-electron chi connectivity index (χ4n) is 2.96. The lowest BCUT2D eigenvalue weighted by atomic mass is 10.0. The minimum absolute atomic E-state index is 0.164. The molecule has 0 radical (unpaired) electrons. The van der Waals surface area contributed by atoms with Gasteiger partial charge in [0, 0.05) is 6.42 Å². The summed E-state index contributed by atoms with van der Waals surface area (Å²) in [5.74, 6) is -0.399. The second-order valence-corrected chi connectivity index (χ2v) is 8.63. The SMILES string of the molecule is O=S(=O)(c1ccccc1)N1N=C(c2cccs2)CC1c1cccc(F)c1. The zero-order valence-corrected chi connectivity index (χ0v) is 15.3. The van der Waals surface area contributed by atoms with Gasteiger partial charge in [0.2, 0.25) is 0 Å². The number of hydrogen-bond acceptors (Lipinski definition) is 4. The molecule has 0 aliphatic carbocycles. The van der Waals surface area contributed by atoms with E-state index in [-0.39, 0.29) is 4.90 Å². The first-order valence-electron chi connectivity index (χ1n) is 8.02. The van der Waals surface area contributed by atoms with Gasteiger partial charge in [0.1, 0.15) is 5.82 Å². The highest BCUT2D eigenvalue weighted by molar-refractivity contribution is 7.89. The topological polar surface area (TPSA) is 49.7 Å². The minimum Gasteiger partial charge on any atom is -0.207 e. The van der Waals surface area contributed by atoms with E-state index in [4.69, 9.17) is 0 Å². The minimum atomic E-state index is -3.84. The van der Waals surface area contributed by atoms with Crippen LogP contribution < -0.4 is 0 Å². The maximum Gasteiger partial charge on any atom is 0.279 e. The Balaban J connectivity index is 1.81. The average Bonchev–Trinajstić information content (AvgIpc) is 3.32. The van der Waals surface area contributed by atoms with E-state index in [1.54, 1.807) is 30.3 Å². The third-order valence-corrected chi connectivity index (χ3v) is 6.81. The Hall–Kier alpha value is -2.51. The normalized spacial score (nSPS) is 17.3. The van der Waals surface area contributed by atoms with Crippen molar-refractivity contribution in [2.24, 2.45) is 5.10 Å². The maximum atomic E-state index is 13.7. The van der Waals surface area contributed by atoms with E-state index in [2.05, 4.69) is 5.10 Å². The van der Waals surface area contributed by atoms with Crippen molar-refractivity contribution in [2.45, 2.75) is 17.4 Å².